The summed E-state index contributed by atoms with van der Waals surface area (Å²) < 4.78 is 10.2. The maximum atomic E-state index is 12.2. The lowest BCUT2D eigenvalue weighted by Crippen LogP contribution is -2.42. The third kappa shape index (κ3) is 2.42. The molecule has 0 saturated carbocycles. The molecule has 1 amide bonds. The maximum Gasteiger partial charge on any atom is 0.411 e. The Hall–Kier alpha value is -1.85. The second-order valence-electron chi connectivity index (χ2n) is 5.84. The third-order valence-electron chi connectivity index (χ3n) is 3.20. The summed E-state index contributed by atoms with van der Waals surface area (Å²) in [6, 6.07) is -1.31. The molecule has 2 aliphatic rings. The van der Waals surface area contributed by atoms with Crippen molar-refractivity contribution in [2.75, 3.05) is 6.61 Å². The zero-order valence-corrected chi connectivity index (χ0v) is 12.1. The van der Waals surface area contributed by atoms with E-state index in [1.165, 1.54) is 4.90 Å². The minimum atomic E-state index is -0.933. The Morgan fingerprint density at radius 1 is 1.30 bits per heavy atom. The van der Waals surface area contributed by atoms with Crippen LogP contribution in [0.1, 0.15) is 27.7 Å². The Morgan fingerprint density at radius 3 is 2.50 bits per heavy atom. The number of ether oxygens (including phenoxy) is 2. The van der Waals surface area contributed by atoms with Crippen molar-refractivity contribution in [3.8, 4) is 0 Å². The van der Waals surface area contributed by atoms with Gasteiger partial charge in [0.25, 0.3) is 0 Å². The minimum absolute atomic E-state index is 0.205. The van der Waals surface area contributed by atoms with Crippen LogP contribution in [0.3, 0.4) is 0 Å². The van der Waals surface area contributed by atoms with Crippen molar-refractivity contribution >= 4 is 17.8 Å². The Labute approximate surface area is 117 Å². The summed E-state index contributed by atoms with van der Waals surface area (Å²) in [6.45, 7) is 7.13. The fourth-order valence-corrected chi connectivity index (χ4v) is 2.48. The van der Waals surface area contributed by atoms with Crippen LogP contribution in [0.15, 0.2) is 12.2 Å². The van der Waals surface area contributed by atoms with Crippen LogP contribution in [-0.4, -0.2) is 47.0 Å². The molecule has 3 atom stereocenters. The van der Waals surface area contributed by atoms with E-state index in [-0.39, 0.29) is 12.4 Å². The molecule has 0 spiro atoms. The van der Waals surface area contributed by atoms with E-state index in [4.69, 9.17) is 9.47 Å². The normalized spacial score (nSPS) is 27.9. The van der Waals surface area contributed by atoms with Crippen LogP contribution in [0.5, 0.6) is 0 Å². The van der Waals surface area contributed by atoms with E-state index in [2.05, 4.69) is 0 Å². The average Bonchev–Trinajstić information content (AvgIpc) is 2.82. The number of hydrogen-bond donors (Lipinski definition) is 0. The molecule has 0 radical (unpaired) electrons. The highest BCUT2D eigenvalue weighted by molar-refractivity contribution is 6.08. The number of carbonyl (C=O) groups excluding carboxylic acids is 3. The molecule has 2 rings (SSSR count). The van der Waals surface area contributed by atoms with Crippen LogP contribution in [-0.2, 0) is 19.1 Å². The van der Waals surface area contributed by atoms with E-state index in [0.717, 1.165) is 0 Å². The number of hydrogen-bond acceptors (Lipinski definition) is 5. The highest BCUT2D eigenvalue weighted by atomic mass is 16.6. The summed E-state index contributed by atoms with van der Waals surface area (Å²) in [5, 5.41) is 0. The SMILES string of the molecule is CCOC(=O)C1C(=O)[C@@H]2C=C[C@H]1N2C(=O)OC(C)(C)C. The second kappa shape index (κ2) is 4.92. The van der Waals surface area contributed by atoms with Gasteiger partial charge >= 0.3 is 12.1 Å². The van der Waals surface area contributed by atoms with Crippen LogP contribution < -0.4 is 0 Å². The van der Waals surface area contributed by atoms with Crippen molar-refractivity contribution < 1.29 is 23.9 Å². The van der Waals surface area contributed by atoms with Gasteiger partial charge in [0.15, 0.2) is 5.78 Å². The van der Waals surface area contributed by atoms with E-state index in [0.29, 0.717) is 0 Å². The largest absolute Gasteiger partial charge is 0.465 e. The third-order valence-corrected chi connectivity index (χ3v) is 3.20. The molecule has 0 N–H and O–H groups in total. The Kier molecular flexibility index (Phi) is 3.58. The van der Waals surface area contributed by atoms with E-state index < -0.39 is 35.7 Å². The lowest BCUT2D eigenvalue weighted by Gasteiger charge is -2.27. The van der Waals surface area contributed by atoms with Gasteiger partial charge in [-0.3, -0.25) is 14.5 Å². The number of carbonyl (C=O) groups is 3. The molecular formula is C14H19NO5. The molecule has 110 valence electrons. The van der Waals surface area contributed by atoms with Crippen molar-refractivity contribution in [2.45, 2.75) is 45.4 Å². The Morgan fingerprint density at radius 2 is 1.95 bits per heavy atom. The van der Waals surface area contributed by atoms with Crippen molar-refractivity contribution in [2.24, 2.45) is 5.92 Å². The number of rotatable bonds is 2. The monoisotopic (exact) mass is 281 g/mol. The lowest BCUT2D eigenvalue weighted by molar-refractivity contribution is -0.150. The minimum Gasteiger partial charge on any atom is -0.465 e. The van der Waals surface area contributed by atoms with Crippen LogP contribution in [0.4, 0.5) is 4.79 Å². The van der Waals surface area contributed by atoms with Crippen molar-refractivity contribution in [3.63, 3.8) is 0 Å². The number of amides is 1. The van der Waals surface area contributed by atoms with Gasteiger partial charge < -0.3 is 9.47 Å². The average molecular weight is 281 g/mol. The van der Waals surface area contributed by atoms with Gasteiger partial charge in [-0.2, -0.15) is 0 Å². The van der Waals surface area contributed by atoms with Crippen molar-refractivity contribution in [1.29, 1.82) is 0 Å². The van der Waals surface area contributed by atoms with Gasteiger partial charge in [0, 0.05) is 0 Å². The summed E-state index contributed by atoms with van der Waals surface area (Å²) in [6.07, 6.45) is 2.74. The van der Waals surface area contributed by atoms with E-state index in [9.17, 15) is 14.4 Å². The van der Waals surface area contributed by atoms with Crippen LogP contribution in [0.25, 0.3) is 0 Å². The van der Waals surface area contributed by atoms with Gasteiger partial charge in [-0.25, -0.2) is 4.79 Å². The lowest BCUT2D eigenvalue weighted by atomic mass is 9.93. The smallest absolute Gasteiger partial charge is 0.411 e. The van der Waals surface area contributed by atoms with E-state index >= 15 is 0 Å². The molecule has 20 heavy (non-hydrogen) atoms. The molecule has 2 bridgehead atoms. The van der Waals surface area contributed by atoms with Gasteiger partial charge in [0.05, 0.1) is 12.6 Å². The molecule has 1 unspecified atom stereocenters. The molecule has 0 aliphatic carbocycles. The fourth-order valence-electron chi connectivity index (χ4n) is 2.48. The van der Waals surface area contributed by atoms with Crippen molar-refractivity contribution in [1.82, 2.24) is 4.90 Å². The predicted octanol–water partition coefficient (Wildman–Crippen LogP) is 1.29. The van der Waals surface area contributed by atoms with E-state index in [1.807, 2.05) is 0 Å². The number of Topliss-reactive ketones (excluding diaryl/α,β-unsaturated/α-hetero) is 1. The first-order valence-electron chi connectivity index (χ1n) is 6.66. The number of esters is 1. The van der Waals surface area contributed by atoms with Gasteiger partial charge in [0.2, 0.25) is 0 Å². The second-order valence-corrected chi connectivity index (χ2v) is 5.84. The van der Waals surface area contributed by atoms with Crippen molar-refractivity contribution in [3.05, 3.63) is 12.2 Å². The molecule has 6 nitrogen and oxygen atoms in total. The highest BCUT2D eigenvalue weighted by Crippen LogP contribution is 2.36. The molecule has 0 aromatic carbocycles. The summed E-state index contributed by atoms with van der Waals surface area (Å²) in [5.41, 5.74) is -0.651. The first kappa shape index (κ1) is 14.6. The van der Waals surface area contributed by atoms with Gasteiger partial charge in [-0.1, -0.05) is 12.2 Å². The Bertz CT molecular complexity index is 476. The zero-order valence-electron chi connectivity index (χ0n) is 12.1. The maximum absolute atomic E-state index is 12.2. The zero-order chi connectivity index (χ0) is 15.1. The van der Waals surface area contributed by atoms with Gasteiger partial charge in [-0.05, 0) is 27.7 Å². The predicted molar refractivity (Wildman–Crippen MR) is 69.9 cm³/mol. The fraction of sp³-hybridized carbons (Fsp3) is 0.643. The number of fused-ring (bicyclic) bond motifs is 2. The molecule has 2 aliphatic heterocycles. The standard InChI is InChI=1S/C14H19NO5/c1-5-19-12(17)10-8-6-7-9(11(10)16)15(8)13(18)20-14(2,3)4/h6-10H,5H2,1-4H3/t8-,9+,10?/m1/s1. The van der Waals surface area contributed by atoms with Crippen LogP contribution >= 0.6 is 0 Å². The highest BCUT2D eigenvalue weighted by Gasteiger charge is 2.56. The molecule has 1 fully saturated rings. The van der Waals surface area contributed by atoms with Gasteiger partial charge in [-0.15, -0.1) is 0 Å². The summed E-state index contributed by atoms with van der Waals surface area (Å²) in [5.74, 6) is -1.82. The Balaban J connectivity index is 2.17. The summed E-state index contributed by atoms with van der Waals surface area (Å²) in [4.78, 5) is 37.5. The molecule has 0 aromatic rings. The summed E-state index contributed by atoms with van der Waals surface area (Å²) in [7, 11) is 0. The number of ketones is 1. The molecule has 6 heteroatoms. The first-order valence-corrected chi connectivity index (χ1v) is 6.66. The molecular weight excluding hydrogens is 262 g/mol. The van der Waals surface area contributed by atoms with Gasteiger partial charge in [0.1, 0.15) is 17.6 Å². The van der Waals surface area contributed by atoms with Crippen LogP contribution in [0.2, 0.25) is 0 Å². The topological polar surface area (TPSA) is 72.9 Å². The molecule has 2 heterocycles. The molecule has 1 saturated heterocycles. The quantitative estimate of drug-likeness (QED) is 0.433. The summed E-state index contributed by atoms with van der Waals surface area (Å²) >= 11 is 0. The number of nitrogens with zero attached hydrogens (tertiary/aromatic N) is 1. The molecule has 0 aromatic heterocycles. The first-order chi connectivity index (χ1) is 9.26. The van der Waals surface area contributed by atoms with Crippen LogP contribution in [0, 0.1) is 5.92 Å². The van der Waals surface area contributed by atoms with E-state index in [1.54, 1.807) is 39.8 Å².